The highest BCUT2D eigenvalue weighted by atomic mass is 16.5. The van der Waals surface area contributed by atoms with Gasteiger partial charge in [0.2, 0.25) is 0 Å². The van der Waals surface area contributed by atoms with Gasteiger partial charge in [-0.3, -0.25) is 9.69 Å². The van der Waals surface area contributed by atoms with Crippen molar-refractivity contribution >= 4 is 11.7 Å². The molecule has 1 aromatic rings. The molecule has 28 heavy (non-hydrogen) atoms. The van der Waals surface area contributed by atoms with Gasteiger partial charge in [0.25, 0.3) is 0 Å². The molecule has 6 rings (SSSR count). The van der Waals surface area contributed by atoms with Gasteiger partial charge in [-0.2, -0.15) is 0 Å². The lowest BCUT2D eigenvalue weighted by Crippen LogP contribution is -2.74. The first-order valence-electron chi connectivity index (χ1n) is 10.2. The first-order valence-corrected chi connectivity index (χ1v) is 10.2. The molecule has 0 aromatic heterocycles. The monoisotopic (exact) mass is 382 g/mol. The fraction of sp³-hybridized carbons (Fsp3) is 0.591. The molecule has 148 valence electrons. The summed E-state index contributed by atoms with van der Waals surface area (Å²) >= 11 is 0. The van der Waals surface area contributed by atoms with Crippen molar-refractivity contribution in [2.24, 2.45) is 10.8 Å². The van der Waals surface area contributed by atoms with Crippen molar-refractivity contribution in [3.63, 3.8) is 0 Å². The zero-order valence-electron chi connectivity index (χ0n) is 16.3. The van der Waals surface area contributed by atoms with Crippen LogP contribution in [-0.4, -0.2) is 55.1 Å². The van der Waals surface area contributed by atoms with Crippen molar-refractivity contribution in [1.29, 1.82) is 0 Å². The summed E-state index contributed by atoms with van der Waals surface area (Å²) in [4.78, 5) is 15.8. The second-order valence-corrected chi connectivity index (χ2v) is 9.22. The van der Waals surface area contributed by atoms with Gasteiger partial charge in [0.1, 0.15) is 11.2 Å². The summed E-state index contributed by atoms with van der Waals surface area (Å²) in [6.07, 6.45) is 7.53. The highest BCUT2D eigenvalue weighted by Gasteiger charge is 2.83. The molecule has 5 aliphatic rings. The smallest absolute Gasteiger partial charge is 0.316 e. The summed E-state index contributed by atoms with van der Waals surface area (Å²) in [6.45, 7) is 1.81. The maximum absolute atomic E-state index is 13.3. The van der Waals surface area contributed by atoms with E-state index in [1.807, 2.05) is 12.1 Å². The number of benzene rings is 1. The summed E-state index contributed by atoms with van der Waals surface area (Å²) in [5, 5.41) is 15.9. The molecule has 0 amide bonds. The fourth-order valence-electron chi connectivity index (χ4n) is 7.75. The van der Waals surface area contributed by atoms with Gasteiger partial charge in [0.15, 0.2) is 5.72 Å². The summed E-state index contributed by atoms with van der Waals surface area (Å²) in [6, 6.07) is 6.18. The average molecular weight is 382 g/mol. The third-order valence-electron chi connectivity index (χ3n) is 8.55. The van der Waals surface area contributed by atoms with Gasteiger partial charge >= 0.3 is 5.97 Å². The number of anilines is 1. The standard InChI is InChI=1S/C22H26N2O4/c1-27-15-6-3-5-14-16(15)23-22(26)20(18(25)28-2)9-8-19(13-20)7-4-11-24-12-10-21(14,22)17(19)24/h3-7,17,23,26H,8-13H2,1-2H3/t17-,19+,20-,21+,22-/m0/s1. The summed E-state index contributed by atoms with van der Waals surface area (Å²) < 4.78 is 10.9. The molecule has 1 aromatic carbocycles. The zero-order chi connectivity index (χ0) is 19.4. The van der Waals surface area contributed by atoms with E-state index in [2.05, 4.69) is 28.4 Å². The second kappa shape index (κ2) is 4.92. The number of rotatable bonds is 2. The number of fused-ring (bicyclic) bond motifs is 3. The first-order chi connectivity index (χ1) is 13.5. The predicted octanol–water partition coefficient (Wildman–Crippen LogP) is 2.03. The molecule has 1 saturated heterocycles. The van der Waals surface area contributed by atoms with Crippen LogP contribution in [0.15, 0.2) is 30.4 Å². The summed E-state index contributed by atoms with van der Waals surface area (Å²) in [5.41, 5.74) is -1.13. The molecule has 3 heterocycles. The van der Waals surface area contributed by atoms with Crippen molar-refractivity contribution in [3.8, 4) is 5.75 Å². The molecule has 0 unspecified atom stereocenters. The number of nitrogens with one attached hydrogen (secondary N) is 1. The average Bonchev–Trinajstić information content (AvgIpc) is 3.36. The largest absolute Gasteiger partial charge is 0.495 e. The van der Waals surface area contributed by atoms with E-state index in [1.54, 1.807) is 7.11 Å². The van der Waals surface area contributed by atoms with E-state index in [4.69, 9.17) is 9.47 Å². The quantitative estimate of drug-likeness (QED) is 0.603. The summed E-state index contributed by atoms with van der Waals surface area (Å²) in [7, 11) is 3.08. The SMILES string of the molecule is COC(=O)[C@@]12CC[C@]3(C=CCN4CC[C@@]5(c6cccc(OC)c6N[C@]15O)[C@@H]43)C2. The topological polar surface area (TPSA) is 71.0 Å². The number of aliphatic hydroxyl groups is 1. The summed E-state index contributed by atoms with van der Waals surface area (Å²) in [5.74, 6) is 0.408. The van der Waals surface area contributed by atoms with Crippen LogP contribution < -0.4 is 10.1 Å². The number of nitrogens with zero attached hydrogens (tertiary/aromatic N) is 1. The Hall–Kier alpha value is -2.05. The van der Waals surface area contributed by atoms with E-state index in [9.17, 15) is 9.90 Å². The minimum atomic E-state index is -1.39. The van der Waals surface area contributed by atoms with Crippen molar-refractivity contribution in [3.05, 3.63) is 35.9 Å². The number of carbonyl (C=O) groups is 1. The number of hydrogen-bond acceptors (Lipinski definition) is 6. The molecular weight excluding hydrogens is 356 g/mol. The Morgan fingerprint density at radius 3 is 2.93 bits per heavy atom. The highest BCUT2D eigenvalue weighted by Crippen LogP contribution is 2.76. The highest BCUT2D eigenvalue weighted by molar-refractivity contribution is 5.85. The van der Waals surface area contributed by atoms with Crippen LogP contribution in [0.25, 0.3) is 0 Å². The maximum Gasteiger partial charge on any atom is 0.316 e. The molecule has 2 spiro atoms. The van der Waals surface area contributed by atoms with Crippen molar-refractivity contribution < 1.29 is 19.4 Å². The van der Waals surface area contributed by atoms with Crippen LogP contribution in [0.3, 0.4) is 0 Å². The van der Waals surface area contributed by atoms with E-state index in [0.29, 0.717) is 18.6 Å². The third kappa shape index (κ3) is 1.46. The number of ether oxygens (including phenoxy) is 2. The number of para-hydroxylation sites is 1. The number of carbonyl (C=O) groups excluding carboxylic acids is 1. The van der Waals surface area contributed by atoms with Crippen LogP contribution in [0.2, 0.25) is 0 Å². The molecule has 6 nitrogen and oxygen atoms in total. The van der Waals surface area contributed by atoms with Gasteiger partial charge in [0, 0.05) is 18.0 Å². The van der Waals surface area contributed by atoms with Gasteiger partial charge in [0.05, 0.1) is 25.3 Å². The van der Waals surface area contributed by atoms with E-state index in [-0.39, 0.29) is 17.4 Å². The van der Waals surface area contributed by atoms with Crippen LogP contribution in [0.4, 0.5) is 5.69 Å². The van der Waals surface area contributed by atoms with Crippen molar-refractivity contribution in [2.45, 2.75) is 42.9 Å². The molecule has 2 saturated carbocycles. The van der Waals surface area contributed by atoms with Crippen LogP contribution >= 0.6 is 0 Å². The van der Waals surface area contributed by atoms with Crippen LogP contribution in [-0.2, 0) is 14.9 Å². The van der Waals surface area contributed by atoms with Crippen LogP contribution in [0.5, 0.6) is 5.75 Å². The lowest BCUT2D eigenvalue weighted by atomic mass is 9.48. The van der Waals surface area contributed by atoms with Gasteiger partial charge in [-0.25, -0.2) is 0 Å². The molecule has 5 atom stereocenters. The number of esters is 1. The minimum absolute atomic E-state index is 0.110. The molecule has 2 aliphatic carbocycles. The Morgan fingerprint density at radius 1 is 1.29 bits per heavy atom. The van der Waals surface area contributed by atoms with E-state index < -0.39 is 16.6 Å². The maximum atomic E-state index is 13.3. The Labute approximate surface area is 164 Å². The molecule has 0 radical (unpaired) electrons. The Kier molecular flexibility index (Phi) is 2.96. The molecule has 3 aliphatic heterocycles. The third-order valence-corrected chi connectivity index (χ3v) is 8.55. The Bertz CT molecular complexity index is 931. The van der Waals surface area contributed by atoms with Crippen LogP contribution in [0.1, 0.15) is 31.2 Å². The first kappa shape index (κ1) is 16.9. The van der Waals surface area contributed by atoms with Gasteiger partial charge in [-0.05, 0) is 43.9 Å². The molecular formula is C22H26N2O4. The lowest BCUT2D eigenvalue weighted by molar-refractivity contribution is -0.194. The lowest BCUT2D eigenvalue weighted by Gasteiger charge is -2.60. The Balaban J connectivity index is 1.70. The molecule has 2 N–H and O–H groups in total. The second-order valence-electron chi connectivity index (χ2n) is 9.22. The number of hydrogen-bond donors (Lipinski definition) is 2. The molecule has 2 bridgehead atoms. The number of methoxy groups -OCH3 is 2. The van der Waals surface area contributed by atoms with Gasteiger partial charge < -0.3 is 19.9 Å². The Morgan fingerprint density at radius 2 is 2.14 bits per heavy atom. The fourth-order valence-corrected chi connectivity index (χ4v) is 7.75. The van der Waals surface area contributed by atoms with E-state index in [1.165, 1.54) is 7.11 Å². The van der Waals surface area contributed by atoms with Crippen molar-refractivity contribution in [2.75, 3.05) is 32.6 Å². The predicted molar refractivity (Wildman–Crippen MR) is 103 cm³/mol. The molecule has 6 heteroatoms. The van der Waals surface area contributed by atoms with Crippen LogP contribution in [0, 0.1) is 10.8 Å². The van der Waals surface area contributed by atoms with Gasteiger partial charge in [-0.1, -0.05) is 24.3 Å². The molecule has 3 fully saturated rings. The van der Waals surface area contributed by atoms with E-state index in [0.717, 1.165) is 37.2 Å². The minimum Gasteiger partial charge on any atom is -0.495 e. The van der Waals surface area contributed by atoms with Gasteiger partial charge in [-0.15, -0.1) is 0 Å². The normalized spacial score (nSPS) is 44.5. The zero-order valence-corrected chi connectivity index (χ0v) is 16.3. The van der Waals surface area contributed by atoms with E-state index >= 15 is 0 Å². The van der Waals surface area contributed by atoms with Crippen molar-refractivity contribution in [1.82, 2.24) is 4.90 Å².